The number of hydrogen-bond donors (Lipinski definition) is 1. The first-order valence-corrected chi connectivity index (χ1v) is 7.42. The molecule has 0 bridgehead atoms. The lowest BCUT2D eigenvalue weighted by Gasteiger charge is -2.03. The number of anilines is 1. The molecule has 2 rings (SSSR count). The number of rotatable bonds is 5. The zero-order valence-corrected chi connectivity index (χ0v) is 11.2. The number of nitrogens with zero attached hydrogens (tertiary/aromatic N) is 2. The van der Waals surface area contributed by atoms with Crippen LogP contribution < -0.4 is 4.72 Å². The minimum Gasteiger partial charge on any atom is -0.280 e. The summed E-state index contributed by atoms with van der Waals surface area (Å²) >= 11 is 0. The summed E-state index contributed by atoms with van der Waals surface area (Å²) in [4.78, 5) is 0. The Hall–Kier alpha value is -1.89. The van der Waals surface area contributed by atoms with Crippen molar-refractivity contribution >= 4 is 15.7 Å². The molecule has 0 aliphatic heterocycles. The van der Waals surface area contributed by atoms with Crippen LogP contribution >= 0.6 is 0 Å². The summed E-state index contributed by atoms with van der Waals surface area (Å²) < 4.78 is 40.1. The second kappa shape index (κ2) is 5.40. The maximum absolute atomic E-state index is 13.5. The van der Waals surface area contributed by atoms with Crippen LogP contribution in [0.15, 0.2) is 36.7 Å². The fourth-order valence-electron chi connectivity index (χ4n) is 1.56. The van der Waals surface area contributed by atoms with Gasteiger partial charge in [-0.2, -0.15) is 5.10 Å². The van der Waals surface area contributed by atoms with E-state index in [4.69, 9.17) is 0 Å². The SMILES string of the molecule is CCS(=O)(=O)Nc1cnn(Cc2ccccc2F)c1. The fourth-order valence-corrected chi connectivity index (χ4v) is 2.16. The van der Waals surface area contributed by atoms with E-state index >= 15 is 0 Å². The fraction of sp³-hybridized carbons (Fsp3) is 0.250. The van der Waals surface area contributed by atoms with Crippen molar-refractivity contribution in [3.8, 4) is 0 Å². The smallest absolute Gasteiger partial charge is 0.232 e. The summed E-state index contributed by atoms with van der Waals surface area (Å²) in [5.74, 6) is -0.320. The highest BCUT2D eigenvalue weighted by Crippen LogP contribution is 2.12. The van der Waals surface area contributed by atoms with Crippen LogP contribution in [0.3, 0.4) is 0 Å². The van der Waals surface area contributed by atoms with Crippen molar-refractivity contribution in [2.24, 2.45) is 0 Å². The molecule has 0 saturated heterocycles. The second-order valence-electron chi connectivity index (χ2n) is 4.02. The Bertz CT molecular complexity index is 667. The molecule has 0 unspecified atom stereocenters. The van der Waals surface area contributed by atoms with Gasteiger partial charge in [-0.15, -0.1) is 0 Å². The van der Waals surface area contributed by atoms with E-state index in [2.05, 4.69) is 9.82 Å². The molecule has 0 radical (unpaired) electrons. The third-order valence-corrected chi connectivity index (χ3v) is 3.88. The number of benzene rings is 1. The van der Waals surface area contributed by atoms with E-state index < -0.39 is 10.0 Å². The van der Waals surface area contributed by atoms with Crippen LogP contribution in [0.4, 0.5) is 10.1 Å². The van der Waals surface area contributed by atoms with Crippen LogP contribution in [0.1, 0.15) is 12.5 Å². The van der Waals surface area contributed by atoms with Crippen molar-refractivity contribution in [3.63, 3.8) is 0 Å². The molecule has 7 heteroatoms. The van der Waals surface area contributed by atoms with Gasteiger partial charge in [-0.25, -0.2) is 12.8 Å². The van der Waals surface area contributed by atoms with Gasteiger partial charge in [-0.05, 0) is 13.0 Å². The summed E-state index contributed by atoms with van der Waals surface area (Å²) in [5, 5.41) is 3.99. The van der Waals surface area contributed by atoms with Gasteiger partial charge in [0, 0.05) is 11.8 Å². The molecule has 5 nitrogen and oxygen atoms in total. The highest BCUT2D eigenvalue weighted by atomic mass is 32.2. The summed E-state index contributed by atoms with van der Waals surface area (Å²) in [6.45, 7) is 1.80. The van der Waals surface area contributed by atoms with Crippen LogP contribution in [0.2, 0.25) is 0 Å². The molecule has 0 saturated carbocycles. The predicted molar refractivity (Wildman–Crippen MR) is 70.8 cm³/mol. The van der Waals surface area contributed by atoms with Crippen molar-refractivity contribution < 1.29 is 12.8 Å². The maximum atomic E-state index is 13.5. The van der Waals surface area contributed by atoms with Crippen LogP contribution in [0, 0.1) is 5.82 Å². The average molecular weight is 283 g/mol. The van der Waals surface area contributed by atoms with Gasteiger partial charge in [0.2, 0.25) is 10.0 Å². The Balaban J connectivity index is 2.12. The normalized spacial score (nSPS) is 11.5. The standard InChI is InChI=1S/C12H14FN3O2S/c1-2-19(17,18)15-11-7-14-16(9-11)8-10-5-3-4-6-12(10)13/h3-7,9,15H,2,8H2,1H3. The lowest BCUT2D eigenvalue weighted by Crippen LogP contribution is -2.14. The molecule has 0 fully saturated rings. The number of aromatic nitrogens is 2. The predicted octanol–water partition coefficient (Wildman–Crippen LogP) is 1.83. The minimum atomic E-state index is -3.32. The van der Waals surface area contributed by atoms with Crippen molar-refractivity contribution in [2.75, 3.05) is 10.5 Å². The highest BCUT2D eigenvalue weighted by Gasteiger charge is 2.09. The zero-order valence-electron chi connectivity index (χ0n) is 10.4. The van der Waals surface area contributed by atoms with Crippen LogP contribution in [-0.2, 0) is 16.6 Å². The van der Waals surface area contributed by atoms with Gasteiger partial charge in [0.1, 0.15) is 5.82 Å². The molecular weight excluding hydrogens is 269 g/mol. The van der Waals surface area contributed by atoms with Crippen LogP contribution in [0.25, 0.3) is 0 Å². The van der Waals surface area contributed by atoms with E-state index in [1.54, 1.807) is 25.1 Å². The molecule has 1 aromatic carbocycles. The van der Waals surface area contributed by atoms with Crippen molar-refractivity contribution in [2.45, 2.75) is 13.5 Å². The summed E-state index contributed by atoms with van der Waals surface area (Å²) in [5.41, 5.74) is 0.869. The molecule has 0 atom stereocenters. The lowest BCUT2D eigenvalue weighted by molar-refractivity contribution is 0.585. The Morgan fingerprint density at radius 1 is 1.37 bits per heavy atom. The molecule has 2 aromatic rings. The number of nitrogens with one attached hydrogen (secondary N) is 1. The molecule has 1 heterocycles. The molecule has 0 amide bonds. The summed E-state index contributed by atoms with van der Waals surface area (Å²) in [7, 11) is -3.32. The van der Waals surface area contributed by atoms with E-state index in [-0.39, 0.29) is 18.1 Å². The second-order valence-corrected chi connectivity index (χ2v) is 6.03. The third kappa shape index (κ3) is 3.54. The third-order valence-electron chi connectivity index (χ3n) is 2.58. The molecule has 0 aliphatic rings. The molecule has 102 valence electrons. The van der Waals surface area contributed by atoms with Gasteiger partial charge in [0.15, 0.2) is 0 Å². The quantitative estimate of drug-likeness (QED) is 0.910. The van der Waals surface area contributed by atoms with E-state index in [1.807, 2.05) is 0 Å². The topological polar surface area (TPSA) is 64.0 Å². The Morgan fingerprint density at radius 2 is 2.11 bits per heavy atom. The molecular formula is C12H14FN3O2S. The maximum Gasteiger partial charge on any atom is 0.232 e. The van der Waals surface area contributed by atoms with Gasteiger partial charge in [0.25, 0.3) is 0 Å². The van der Waals surface area contributed by atoms with E-state index in [9.17, 15) is 12.8 Å². The van der Waals surface area contributed by atoms with Crippen molar-refractivity contribution in [3.05, 3.63) is 48.0 Å². The first-order valence-electron chi connectivity index (χ1n) is 5.76. The average Bonchev–Trinajstić information content (AvgIpc) is 2.79. The molecule has 1 N–H and O–H groups in total. The van der Waals surface area contributed by atoms with Gasteiger partial charge in [-0.1, -0.05) is 18.2 Å². The summed E-state index contributed by atoms with van der Waals surface area (Å²) in [6, 6.07) is 6.39. The van der Waals surface area contributed by atoms with E-state index in [0.717, 1.165) is 0 Å². The lowest BCUT2D eigenvalue weighted by atomic mass is 10.2. The largest absolute Gasteiger partial charge is 0.280 e. The van der Waals surface area contributed by atoms with Gasteiger partial charge in [0.05, 0.1) is 24.2 Å². The van der Waals surface area contributed by atoms with Crippen LogP contribution in [0.5, 0.6) is 0 Å². The molecule has 19 heavy (non-hydrogen) atoms. The number of sulfonamides is 1. The van der Waals surface area contributed by atoms with E-state index in [1.165, 1.54) is 23.1 Å². The zero-order chi connectivity index (χ0) is 13.9. The summed E-state index contributed by atoms with van der Waals surface area (Å²) in [6.07, 6.45) is 2.92. The van der Waals surface area contributed by atoms with Gasteiger partial charge < -0.3 is 0 Å². The van der Waals surface area contributed by atoms with Crippen molar-refractivity contribution in [1.29, 1.82) is 0 Å². The Morgan fingerprint density at radius 3 is 2.79 bits per heavy atom. The number of halogens is 1. The first-order chi connectivity index (χ1) is 9.00. The minimum absolute atomic E-state index is 0.00844. The molecule has 0 aliphatic carbocycles. The van der Waals surface area contributed by atoms with Gasteiger partial charge >= 0.3 is 0 Å². The Labute approximate surface area is 111 Å². The molecule has 0 spiro atoms. The number of hydrogen-bond acceptors (Lipinski definition) is 3. The van der Waals surface area contributed by atoms with E-state index in [0.29, 0.717) is 11.3 Å². The Kier molecular flexibility index (Phi) is 3.84. The van der Waals surface area contributed by atoms with Crippen LogP contribution in [-0.4, -0.2) is 24.0 Å². The van der Waals surface area contributed by atoms with Crippen molar-refractivity contribution in [1.82, 2.24) is 9.78 Å². The monoisotopic (exact) mass is 283 g/mol. The highest BCUT2D eigenvalue weighted by molar-refractivity contribution is 7.92. The molecule has 1 aromatic heterocycles. The first kappa shape index (κ1) is 13.5. The van der Waals surface area contributed by atoms with Gasteiger partial charge in [-0.3, -0.25) is 9.40 Å².